The zero-order valence-corrected chi connectivity index (χ0v) is 15.3. The first-order valence-corrected chi connectivity index (χ1v) is 8.93. The van der Waals surface area contributed by atoms with Crippen LogP contribution < -0.4 is 10.5 Å². The van der Waals surface area contributed by atoms with Gasteiger partial charge in [-0.05, 0) is 36.4 Å². The van der Waals surface area contributed by atoms with Crippen LogP contribution in [0.1, 0.15) is 20.7 Å². The molecule has 3 N–H and O–H groups in total. The number of hydrogen-bond donors (Lipinski definition) is 2. The maximum absolute atomic E-state index is 12.5. The van der Waals surface area contributed by atoms with Crippen LogP contribution >= 0.6 is 11.6 Å². The Morgan fingerprint density at radius 1 is 1.00 bits per heavy atom. The summed E-state index contributed by atoms with van der Waals surface area (Å²) >= 11 is 5.79. The van der Waals surface area contributed by atoms with Crippen molar-refractivity contribution >= 4 is 44.9 Å². The number of nitrogen functional groups attached to an aromatic ring is 1. The maximum atomic E-state index is 12.5. The smallest absolute Gasteiger partial charge is 0.337 e. The van der Waals surface area contributed by atoms with Crippen LogP contribution in [0.25, 0.3) is 0 Å². The van der Waals surface area contributed by atoms with Gasteiger partial charge in [-0.1, -0.05) is 11.6 Å². The summed E-state index contributed by atoms with van der Waals surface area (Å²) in [4.78, 5) is 23.4. The summed E-state index contributed by atoms with van der Waals surface area (Å²) in [6, 6.07) is 7.50. The monoisotopic (exact) mass is 398 g/mol. The number of carbonyl (C=O) groups excluding carboxylic acids is 2. The van der Waals surface area contributed by atoms with Crippen LogP contribution in [0.5, 0.6) is 0 Å². The number of benzene rings is 2. The molecule has 0 atom stereocenters. The number of methoxy groups -OCH3 is 2. The fourth-order valence-corrected chi connectivity index (χ4v) is 3.25. The molecule has 2 rings (SSSR count). The van der Waals surface area contributed by atoms with Crippen molar-refractivity contribution in [3.05, 3.63) is 52.5 Å². The normalized spacial score (nSPS) is 10.9. The summed E-state index contributed by atoms with van der Waals surface area (Å²) in [5.41, 5.74) is 5.64. The Bertz CT molecular complexity index is 940. The Labute approximate surface area is 154 Å². The van der Waals surface area contributed by atoms with E-state index in [0.717, 1.165) is 14.2 Å². The third kappa shape index (κ3) is 4.24. The van der Waals surface area contributed by atoms with Gasteiger partial charge in [-0.3, -0.25) is 4.72 Å². The Kier molecular flexibility index (Phi) is 5.73. The van der Waals surface area contributed by atoms with Crippen LogP contribution in [0.3, 0.4) is 0 Å². The van der Waals surface area contributed by atoms with Crippen molar-refractivity contribution in [2.24, 2.45) is 0 Å². The minimum absolute atomic E-state index is 0.0243. The number of anilines is 2. The standard InChI is InChI=1S/C16H15ClN2O6S/c1-24-15(20)9-5-10(16(21)25-2)7-11(6-9)19-26(22,23)12-3-4-13(17)14(18)8-12/h3-8,19H,18H2,1-2H3. The highest BCUT2D eigenvalue weighted by Gasteiger charge is 2.19. The molecule has 0 unspecified atom stereocenters. The summed E-state index contributed by atoms with van der Waals surface area (Å²) in [7, 11) is -1.72. The molecule has 0 fully saturated rings. The van der Waals surface area contributed by atoms with Crippen LogP contribution in [0.15, 0.2) is 41.3 Å². The predicted octanol–water partition coefficient (Wildman–Crippen LogP) is 2.30. The van der Waals surface area contributed by atoms with Crippen molar-refractivity contribution in [2.75, 3.05) is 24.7 Å². The number of esters is 2. The lowest BCUT2D eigenvalue weighted by molar-refractivity contribution is 0.0599. The van der Waals surface area contributed by atoms with E-state index in [1.807, 2.05) is 0 Å². The van der Waals surface area contributed by atoms with E-state index in [4.69, 9.17) is 17.3 Å². The minimum Gasteiger partial charge on any atom is -0.465 e. The Balaban J connectivity index is 2.48. The van der Waals surface area contributed by atoms with Gasteiger partial charge >= 0.3 is 11.9 Å². The number of halogens is 1. The average molecular weight is 399 g/mol. The number of hydrogen-bond acceptors (Lipinski definition) is 7. The molecule has 0 aliphatic heterocycles. The van der Waals surface area contributed by atoms with Crippen molar-refractivity contribution in [3.8, 4) is 0 Å². The first-order chi connectivity index (χ1) is 12.2. The first-order valence-electron chi connectivity index (χ1n) is 7.07. The van der Waals surface area contributed by atoms with E-state index in [1.165, 1.54) is 36.4 Å². The number of ether oxygens (including phenoxy) is 2. The minimum atomic E-state index is -4.04. The highest BCUT2D eigenvalue weighted by Crippen LogP contribution is 2.25. The zero-order valence-electron chi connectivity index (χ0n) is 13.8. The molecule has 0 saturated heterocycles. The highest BCUT2D eigenvalue weighted by molar-refractivity contribution is 7.92. The molecule has 0 radical (unpaired) electrons. The second-order valence-electron chi connectivity index (χ2n) is 5.07. The molecular weight excluding hydrogens is 384 g/mol. The van der Waals surface area contributed by atoms with Crippen LogP contribution in [0.4, 0.5) is 11.4 Å². The summed E-state index contributed by atoms with van der Waals surface area (Å²) in [5.74, 6) is -1.49. The highest BCUT2D eigenvalue weighted by atomic mass is 35.5. The van der Waals surface area contributed by atoms with Crippen LogP contribution in [-0.2, 0) is 19.5 Å². The van der Waals surface area contributed by atoms with Crippen molar-refractivity contribution in [1.29, 1.82) is 0 Å². The van der Waals surface area contributed by atoms with E-state index in [1.54, 1.807) is 0 Å². The second kappa shape index (κ2) is 7.63. The third-order valence-corrected chi connectivity index (χ3v) is 5.03. The predicted molar refractivity (Wildman–Crippen MR) is 95.8 cm³/mol. The molecule has 0 bridgehead atoms. The maximum Gasteiger partial charge on any atom is 0.337 e. The summed E-state index contributed by atoms with van der Waals surface area (Å²) in [6.45, 7) is 0. The Hall–Kier alpha value is -2.78. The Morgan fingerprint density at radius 3 is 2.00 bits per heavy atom. The fraction of sp³-hybridized carbons (Fsp3) is 0.125. The van der Waals surface area contributed by atoms with Gasteiger partial charge in [0.25, 0.3) is 10.0 Å². The van der Waals surface area contributed by atoms with E-state index >= 15 is 0 Å². The largest absolute Gasteiger partial charge is 0.465 e. The van der Waals surface area contributed by atoms with Gasteiger partial charge in [-0.25, -0.2) is 18.0 Å². The molecular formula is C16H15ClN2O6S. The van der Waals surface area contributed by atoms with E-state index in [0.29, 0.717) is 0 Å². The lowest BCUT2D eigenvalue weighted by Gasteiger charge is -2.12. The number of nitrogens with two attached hydrogens (primary N) is 1. The van der Waals surface area contributed by atoms with E-state index in [-0.39, 0.29) is 32.4 Å². The van der Waals surface area contributed by atoms with Crippen molar-refractivity contribution in [3.63, 3.8) is 0 Å². The SMILES string of the molecule is COC(=O)c1cc(NS(=O)(=O)c2ccc(Cl)c(N)c2)cc(C(=O)OC)c1. The molecule has 0 amide bonds. The van der Waals surface area contributed by atoms with Gasteiger partial charge in [0.05, 0.1) is 46.6 Å². The Morgan fingerprint density at radius 2 is 1.54 bits per heavy atom. The van der Waals surface area contributed by atoms with Gasteiger partial charge in [-0.15, -0.1) is 0 Å². The topological polar surface area (TPSA) is 125 Å². The van der Waals surface area contributed by atoms with E-state index in [9.17, 15) is 18.0 Å². The zero-order chi connectivity index (χ0) is 19.5. The lowest BCUT2D eigenvalue weighted by Crippen LogP contribution is -2.15. The molecule has 26 heavy (non-hydrogen) atoms. The van der Waals surface area contributed by atoms with Crippen LogP contribution in [-0.4, -0.2) is 34.6 Å². The number of carbonyl (C=O) groups is 2. The molecule has 10 heteroatoms. The summed E-state index contributed by atoms with van der Waals surface area (Å²) in [6.07, 6.45) is 0. The van der Waals surface area contributed by atoms with Crippen molar-refractivity contribution in [2.45, 2.75) is 4.90 Å². The molecule has 0 aliphatic rings. The van der Waals surface area contributed by atoms with Gasteiger partial charge in [0.15, 0.2) is 0 Å². The van der Waals surface area contributed by atoms with Crippen molar-refractivity contribution < 1.29 is 27.5 Å². The van der Waals surface area contributed by atoms with Gasteiger partial charge in [0, 0.05) is 0 Å². The molecule has 0 spiro atoms. The summed E-state index contributed by atoms with van der Waals surface area (Å²) < 4.78 is 36.5. The van der Waals surface area contributed by atoms with Crippen LogP contribution in [0, 0.1) is 0 Å². The third-order valence-electron chi connectivity index (χ3n) is 3.31. The second-order valence-corrected chi connectivity index (χ2v) is 7.16. The number of sulfonamides is 1. The number of rotatable bonds is 5. The quantitative estimate of drug-likeness (QED) is 0.584. The van der Waals surface area contributed by atoms with E-state index < -0.39 is 22.0 Å². The van der Waals surface area contributed by atoms with Crippen LogP contribution in [0.2, 0.25) is 5.02 Å². The van der Waals surface area contributed by atoms with Gasteiger partial charge in [0.2, 0.25) is 0 Å². The molecule has 0 aliphatic carbocycles. The van der Waals surface area contributed by atoms with Gasteiger partial charge in [-0.2, -0.15) is 0 Å². The van der Waals surface area contributed by atoms with Crippen molar-refractivity contribution in [1.82, 2.24) is 0 Å². The molecule has 0 saturated carbocycles. The first kappa shape index (κ1) is 19.5. The fourth-order valence-electron chi connectivity index (χ4n) is 2.06. The molecule has 2 aromatic carbocycles. The van der Waals surface area contributed by atoms with Gasteiger partial charge in [0.1, 0.15) is 0 Å². The molecule has 138 valence electrons. The molecule has 0 heterocycles. The molecule has 2 aromatic rings. The van der Waals surface area contributed by atoms with Gasteiger partial charge < -0.3 is 15.2 Å². The number of nitrogens with one attached hydrogen (secondary N) is 1. The average Bonchev–Trinajstić information content (AvgIpc) is 2.61. The molecule has 0 aromatic heterocycles. The molecule has 8 nitrogen and oxygen atoms in total. The van der Waals surface area contributed by atoms with E-state index in [2.05, 4.69) is 14.2 Å². The summed E-state index contributed by atoms with van der Waals surface area (Å²) in [5, 5.41) is 0.213. The lowest BCUT2D eigenvalue weighted by atomic mass is 10.1.